The van der Waals surface area contributed by atoms with Crippen molar-refractivity contribution < 1.29 is 8.78 Å². The summed E-state index contributed by atoms with van der Waals surface area (Å²) < 4.78 is 25.7. The van der Waals surface area contributed by atoms with Crippen molar-refractivity contribution in [1.29, 1.82) is 0 Å². The molecule has 0 aliphatic heterocycles. The zero-order valence-electron chi connectivity index (χ0n) is 9.74. The third-order valence-corrected chi connectivity index (χ3v) is 3.30. The van der Waals surface area contributed by atoms with Crippen molar-refractivity contribution in [3.8, 4) is 0 Å². The van der Waals surface area contributed by atoms with E-state index in [1.54, 1.807) is 24.3 Å². The number of alkyl halides is 1. The summed E-state index contributed by atoms with van der Waals surface area (Å²) in [6.07, 6.45) is 0.718. The first-order chi connectivity index (χ1) is 8.69. The van der Waals surface area contributed by atoms with Crippen molar-refractivity contribution in [2.45, 2.75) is 12.3 Å². The molecule has 1 atom stereocenters. The molecule has 0 spiro atoms. The van der Waals surface area contributed by atoms with Crippen molar-refractivity contribution in [2.75, 3.05) is 5.88 Å². The van der Waals surface area contributed by atoms with Crippen LogP contribution in [0, 0.1) is 11.6 Å². The molecular formula is C15H13ClF2. The lowest BCUT2D eigenvalue weighted by Gasteiger charge is -2.14. The molecule has 18 heavy (non-hydrogen) atoms. The van der Waals surface area contributed by atoms with Gasteiger partial charge in [-0.05, 0) is 41.8 Å². The molecule has 0 heterocycles. The van der Waals surface area contributed by atoms with E-state index in [9.17, 15) is 8.78 Å². The van der Waals surface area contributed by atoms with Gasteiger partial charge < -0.3 is 0 Å². The maximum Gasteiger partial charge on any atom is 0.123 e. The molecule has 2 rings (SSSR count). The first-order valence-corrected chi connectivity index (χ1v) is 6.28. The maximum atomic E-state index is 12.9. The molecule has 0 N–H and O–H groups in total. The average molecular weight is 267 g/mol. The van der Waals surface area contributed by atoms with Crippen LogP contribution in [0.4, 0.5) is 8.78 Å². The fourth-order valence-corrected chi connectivity index (χ4v) is 2.19. The molecule has 0 aliphatic rings. The zero-order valence-corrected chi connectivity index (χ0v) is 10.5. The zero-order chi connectivity index (χ0) is 13.0. The van der Waals surface area contributed by atoms with E-state index in [0.717, 1.165) is 17.5 Å². The Labute approximate surface area is 110 Å². The van der Waals surface area contributed by atoms with Gasteiger partial charge in [-0.25, -0.2) is 8.78 Å². The number of benzene rings is 2. The van der Waals surface area contributed by atoms with Crippen LogP contribution in [0.2, 0.25) is 0 Å². The van der Waals surface area contributed by atoms with E-state index >= 15 is 0 Å². The first kappa shape index (κ1) is 13.0. The summed E-state index contributed by atoms with van der Waals surface area (Å²) in [5, 5.41) is 0. The molecule has 0 fully saturated rings. The monoisotopic (exact) mass is 266 g/mol. The van der Waals surface area contributed by atoms with Crippen molar-refractivity contribution in [1.82, 2.24) is 0 Å². The highest BCUT2D eigenvalue weighted by Crippen LogP contribution is 2.22. The second-order valence-corrected chi connectivity index (χ2v) is 4.54. The summed E-state index contributed by atoms with van der Waals surface area (Å²) in [6, 6.07) is 12.7. The van der Waals surface area contributed by atoms with Gasteiger partial charge in [0.05, 0.1) is 0 Å². The summed E-state index contributed by atoms with van der Waals surface area (Å²) in [5.41, 5.74) is 2.02. The molecule has 0 radical (unpaired) electrons. The van der Waals surface area contributed by atoms with Crippen LogP contribution in [-0.4, -0.2) is 5.88 Å². The molecule has 3 heteroatoms. The Hall–Kier alpha value is -1.41. The number of hydrogen-bond acceptors (Lipinski definition) is 0. The predicted molar refractivity (Wildman–Crippen MR) is 70.0 cm³/mol. The van der Waals surface area contributed by atoms with Crippen molar-refractivity contribution >= 4 is 11.6 Å². The first-order valence-electron chi connectivity index (χ1n) is 5.75. The molecular weight excluding hydrogens is 254 g/mol. The Bertz CT molecular complexity index is 491. The third-order valence-electron chi connectivity index (χ3n) is 2.92. The average Bonchev–Trinajstić information content (AvgIpc) is 2.39. The highest BCUT2D eigenvalue weighted by molar-refractivity contribution is 6.18. The van der Waals surface area contributed by atoms with Crippen LogP contribution in [-0.2, 0) is 6.42 Å². The summed E-state index contributed by atoms with van der Waals surface area (Å²) in [4.78, 5) is 0. The van der Waals surface area contributed by atoms with Crippen molar-refractivity contribution in [2.24, 2.45) is 0 Å². The van der Waals surface area contributed by atoms with Crippen molar-refractivity contribution in [3.63, 3.8) is 0 Å². The minimum absolute atomic E-state index is 0.109. The Kier molecular flexibility index (Phi) is 4.32. The quantitative estimate of drug-likeness (QED) is 0.713. The normalized spacial score (nSPS) is 12.4. The molecule has 0 aliphatic carbocycles. The highest BCUT2D eigenvalue weighted by Gasteiger charge is 2.11. The van der Waals surface area contributed by atoms with Gasteiger partial charge in [0.2, 0.25) is 0 Å². The fourth-order valence-electron chi connectivity index (χ4n) is 1.90. The van der Waals surface area contributed by atoms with E-state index in [-0.39, 0.29) is 17.6 Å². The van der Waals surface area contributed by atoms with Gasteiger partial charge in [-0.15, -0.1) is 11.6 Å². The van der Waals surface area contributed by atoms with E-state index in [0.29, 0.717) is 5.88 Å². The van der Waals surface area contributed by atoms with E-state index < -0.39 is 0 Å². The summed E-state index contributed by atoms with van der Waals surface area (Å²) in [6.45, 7) is 0. The lowest BCUT2D eigenvalue weighted by Crippen LogP contribution is -2.04. The molecule has 0 aromatic heterocycles. The Morgan fingerprint density at radius 1 is 0.833 bits per heavy atom. The van der Waals surface area contributed by atoms with E-state index in [4.69, 9.17) is 11.6 Å². The van der Waals surface area contributed by atoms with E-state index in [1.807, 2.05) is 0 Å². The second kappa shape index (κ2) is 5.96. The van der Waals surface area contributed by atoms with Crippen LogP contribution in [0.3, 0.4) is 0 Å². The highest BCUT2D eigenvalue weighted by atomic mass is 35.5. The molecule has 2 aromatic rings. The number of rotatable bonds is 4. The molecule has 0 nitrogen and oxygen atoms in total. The molecule has 2 aromatic carbocycles. The predicted octanol–water partition coefficient (Wildman–Crippen LogP) is 4.53. The lowest BCUT2D eigenvalue weighted by atomic mass is 9.93. The van der Waals surface area contributed by atoms with Gasteiger partial charge in [0.15, 0.2) is 0 Å². The number of halogens is 3. The minimum atomic E-state index is -0.256. The van der Waals surface area contributed by atoms with Crippen LogP contribution in [0.15, 0.2) is 48.5 Å². The van der Waals surface area contributed by atoms with Gasteiger partial charge >= 0.3 is 0 Å². The fraction of sp³-hybridized carbons (Fsp3) is 0.200. The van der Waals surface area contributed by atoms with Crippen LogP contribution in [0.5, 0.6) is 0 Å². The van der Waals surface area contributed by atoms with Gasteiger partial charge in [0.25, 0.3) is 0 Å². The van der Waals surface area contributed by atoms with E-state index in [1.165, 1.54) is 24.3 Å². The van der Waals surface area contributed by atoms with Crippen molar-refractivity contribution in [3.05, 3.63) is 71.3 Å². The summed E-state index contributed by atoms with van der Waals surface area (Å²) in [5.74, 6) is 0.0535. The van der Waals surface area contributed by atoms with Crippen LogP contribution >= 0.6 is 11.6 Å². The minimum Gasteiger partial charge on any atom is -0.207 e. The second-order valence-electron chi connectivity index (χ2n) is 4.23. The smallest absolute Gasteiger partial charge is 0.123 e. The van der Waals surface area contributed by atoms with Crippen LogP contribution in [0.25, 0.3) is 0 Å². The van der Waals surface area contributed by atoms with Gasteiger partial charge in [-0.3, -0.25) is 0 Å². The van der Waals surface area contributed by atoms with Gasteiger partial charge in [-0.1, -0.05) is 24.3 Å². The largest absolute Gasteiger partial charge is 0.207 e. The molecule has 0 saturated heterocycles. The van der Waals surface area contributed by atoms with E-state index in [2.05, 4.69) is 0 Å². The summed E-state index contributed by atoms with van der Waals surface area (Å²) >= 11 is 5.96. The Morgan fingerprint density at radius 3 is 1.83 bits per heavy atom. The molecule has 0 saturated carbocycles. The molecule has 94 valence electrons. The van der Waals surface area contributed by atoms with Gasteiger partial charge in [0, 0.05) is 11.8 Å². The third kappa shape index (κ3) is 3.30. The lowest BCUT2D eigenvalue weighted by molar-refractivity contribution is 0.623. The topological polar surface area (TPSA) is 0 Å². The molecule has 0 bridgehead atoms. The Balaban J connectivity index is 2.14. The summed E-state index contributed by atoms with van der Waals surface area (Å²) in [7, 11) is 0. The van der Waals surface area contributed by atoms with Crippen LogP contribution < -0.4 is 0 Å². The SMILES string of the molecule is Fc1ccc(CC(CCl)c2ccc(F)cc2)cc1. The molecule has 1 unspecified atom stereocenters. The Morgan fingerprint density at radius 2 is 1.33 bits per heavy atom. The molecule has 0 amide bonds. The van der Waals surface area contributed by atoms with Crippen LogP contribution in [0.1, 0.15) is 17.0 Å². The standard InChI is InChI=1S/C15H13ClF2/c16-10-13(12-3-7-15(18)8-4-12)9-11-1-5-14(17)6-2-11/h1-8,13H,9-10H2. The number of hydrogen-bond donors (Lipinski definition) is 0. The van der Waals surface area contributed by atoms with Gasteiger partial charge in [0.1, 0.15) is 11.6 Å². The van der Waals surface area contributed by atoms with Gasteiger partial charge in [-0.2, -0.15) is 0 Å². The maximum absolute atomic E-state index is 12.9.